The van der Waals surface area contributed by atoms with E-state index in [-0.39, 0.29) is 12.1 Å². The molecule has 0 saturated heterocycles. The van der Waals surface area contributed by atoms with Crippen molar-refractivity contribution in [1.82, 2.24) is 10.6 Å². The van der Waals surface area contributed by atoms with Crippen LogP contribution < -0.4 is 10.6 Å². The van der Waals surface area contributed by atoms with Gasteiger partial charge in [0.25, 0.3) is 0 Å². The Morgan fingerprint density at radius 2 is 1.90 bits per heavy atom. The zero-order chi connectivity index (χ0) is 14.4. The number of rotatable bonds is 4. The third-order valence-corrected chi connectivity index (χ3v) is 4.18. The lowest BCUT2D eigenvalue weighted by Crippen LogP contribution is -2.44. The first kappa shape index (κ1) is 15.2. The molecule has 1 atom stereocenters. The maximum atomic E-state index is 12.1. The molecule has 0 bridgehead atoms. The largest absolute Gasteiger partial charge is 0.335 e. The average molecular weight is 295 g/mol. The third-order valence-electron chi connectivity index (χ3n) is 3.93. The number of carbonyl (C=O) groups excluding carboxylic acids is 1. The quantitative estimate of drug-likeness (QED) is 0.848. The lowest BCUT2D eigenvalue weighted by molar-refractivity contribution is 0.228. The molecule has 1 aromatic rings. The minimum Gasteiger partial charge on any atom is -0.335 e. The molecular formula is C16H23ClN2O. The molecule has 1 fully saturated rings. The summed E-state index contributed by atoms with van der Waals surface area (Å²) in [5, 5.41) is 6.86. The molecule has 0 heterocycles. The van der Waals surface area contributed by atoms with Gasteiger partial charge in [-0.2, -0.15) is 0 Å². The molecule has 1 aliphatic carbocycles. The topological polar surface area (TPSA) is 41.1 Å². The maximum Gasteiger partial charge on any atom is 0.315 e. The molecule has 0 aliphatic heterocycles. The van der Waals surface area contributed by atoms with Gasteiger partial charge in [-0.3, -0.25) is 0 Å². The first-order valence-electron chi connectivity index (χ1n) is 7.51. The smallest absolute Gasteiger partial charge is 0.315 e. The first-order chi connectivity index (χ1) is 9.69. The van der Waals surface area contributed by atoms with Gasteiger partial charge in [-0.15, -0.1) is 0 Å². The van der Waals surface area contributed by atoms with Crippen molar-refractivity contribution in [2.45, 2.75) is 57.5 Å². The zero-order valence-electron chi connectivity index (χ0n) is 12.0. The fourth-order valence-electron chi connectivity index (χ4n) is 2.75. The Morgan fingerprint density at radius 1 is 1.25 bits per heavy atom. The summed E-state index contributed by atoms with van der Waals surface area (Å²) < 4.78 is 0. The molecule has 0 unspecified atom stereocenters. The Hall–Kier alpha value is -1.22. The summed E-state index contributed by atoms with van der Waals surface area (Å²) in [6.45, 7) is 2.07. The number of hydrogen-bond acceptors (Lipinski definition) is 1. The summed E-state index contributed by atoms with van der Waals surface area (Å²) in [7, 11) is 0. The Balaban J connectivity index is 1.88. The van der Waals surface area contributed by atoms with Crippen LogP contribution >= 0.6 is 11.6 Å². The van der Waals surface area contributed by atoms with Gasteiger partial charge in [-0.25, -0.2) is 4.79 Å². The zero-order valence-corrected chi connectivity index (χ0v) is 12.7. The minimum absolute atomic E-state index is 0.0378. The van der Waals surface area contributed by atoms with E-state index in [1.165, 1.54) is 19.3 Å². The molecule has 2 amide bonds. The fraction of sp³-hybridized carbons (Fsp3) is 0.562. The number of nitrogens with one attached hydrogen (secondary N) is 2. The second-order valence-electron chi connectivity index (χ2n) is 5.47. The van der Waals surface area contributed by atoms with Gasteiger partial charge in [0.05, 0.1) is 6.04 Å². The van der Waals surface area contributed by atoms with Gasteiger partial charge in [0.1, 0.15) is 0 Å². The molecule has 2 rings (SSSR count). The molecule has 0 spiro atoms. The van der Waals surface area contributed by atoms with Gasteiger partial charge >= 0.3 is 6.03 Å². The second-order valence-corrected chi connectivity index (χ2v) is 5.90. The summed E-state index contributed by atoms with van der Waals surface area (Å²) in [5.74, 6) is 0. The minimum atomic E-state index is -0.0568. The SMILES string of the molecule is CC[C@@H](NC(=O)NC1CCCCC1)c1ccc(Cl)cc1. The summed E-state index contributed by atoms with van der Waals surface area (Å²) in [6.07, 6.45) is 6.80. The van der Waals surface area contributed by atoms with Gasteiger partial charge in [-0.05, 0) is 37.0 Å². The van der Waals surface area contributed by atoms with Crippen molar-refractivity contribution in [3.05, 3.63) is 34.9 Å². The molecule has 3 nitrogen and oxygen atoms in total. The Kier molecular flexibility index (Phi) is 5.72. The van der Waals surface area contributed by atoms with Crippen molar-refractivity contribution < 1.29 is 4.79 Å². The normalized spacial score (nSPS) is 17.5. The van der Waals surface area contributed by atoms with Crippen molar-refractivity contribution in [2.24, 2.45) is 0 Å². The molecule has 1 aliphatic rings. The summed E-state index contributed by atoms with van der Waals surface area (Å²) >= 11 is 5.89. The second kappa shape index (κ2) is 7.53. The number of amides is 2. The van der Waals surface area contributed by atoms with E-state index in [2.05, 4.69) is 17.6 Å². The standard InChI is InChI=1S/C16H23ClN2O/c1-2-15(12-8-10-13(17)11-9-12)19-16(20)18-14-6-4-3-5-7-14/h8-11,14-15H,2-7H2,1H3,(H2,18,19,20)/t15-/m1/s1. The van der Waals surface area contributed by atoms with E-state index >= 15 is 0 Å². The van der Waals surface area contributed by atoms with E-state index < -0.39 is 0 Å². The Bertz CT molecular complexity index is 427. The monoisotopic (exact) mass is 294 g/mol. The van der Waals surface area contributed by atoms with E-state index in [1.807, 2.05) is 24.3 Å². The lowest BCUT2D eigenvalue weighted by Gasteiger charge is -2.25. The molecule has 20 heavy (non-hydrogen) atoms. The van der Waals surface area contributed by atoms with Crippen molar-refractivity contribution in [2.75, 3.05) is 0 Å². The Labute approximate surface area is 126 Å². The van der Waals surface area contributed by atoms with E-state index in [1.54, 1.807) is 0 Å². The maximum absolute atomic E-state index is 12.1. The molecule has 1 saturated carbocycles. The van der Waals surface area contributed by atoms with Crippen LogP contribution in [-0.2, 0) is 0 Å². The molecule has 110 valence electrons. The number of urea groups is 1. The van der Waals surface area contributed by atoms with Crippen LogP contribution in [0.5, 0.6) is 0 Å². The molecule has 1 aromatic carbocycles. The fourth-order valence-corrected chi connectivity index (χ4v) is 2.87. The van der Waals surface area contributed by atoms with Crippen LogP contribution in [0.3, 0.4) is 0 Å². The van der Waals surface area contributed by atoms with Crippen LogP contribution in [0.4, 0.5) is 4.79 Å². The van der Waals surface area contributed by atoms with Crippen molar-refractivity contribution >= 4 is 17.6 Å². The molecule has 0 radical (unpaired) electrons. The van der Waals surface area contributed by atoms with E-state index in [0.717, 1.165) is 29.8 Å². The summed E-state index contributed by atoms with van der Waals surface area (Å²) in [6, 6.07) is 7.98. The van der Waals surface area contributed by atoms with Crippen LogP contribution in [0.25, 0.3) is 0 Å². The molecule has 2 N–H and O–H groups in total. The Morgan fingerprint density at radius 3 is 2.50 bits per heavy atom. The summed E-state index contributed by atoms with van der Waals surface area (Å²) in [5.41, 5.74) is 1.09. The third kappa shape index (κ3) is 4.41. The molecule has 4 heteroatoms. The highest BCUT2D eigenvalue weighted by Gasteiger charge is 2.18. The van der Waals surface area contributed by atoms with E-state index in [9.17, 15) is 4.79 Å². The summed E-state index contributed by atoms with van der Waals surface area (Å²) in [4.78, 5) is 12.1. The lowest BCUT2D eigenvalue weighted by atomic mass is 9.96. The number of benzene rings is 1. The van der Waals surface area contributed by atoms with Crippen LogP contribution in [0, 0.1) is 0 Å². The highest BCUT2D eigenvalue weighted by molar-refractivity contribution is 6.30. The van der Waals surface area contributed by atoms with Crippen molar-refractivity contribution in [1.29, 1.82) is 0 Å². The highest BCUT2D eigenvalue weighted by atomic mass is 35.5. The van der Waals surface area contributed by atoms with E-state index in [0.29, 0.717) is 6.04 Å². The van der Waals surface area contributed by atoms with Crippen LogP contribution in [0.2, 0.25) is 5.02 Å². The van der Waals surface area contributed by atoms with Gasteiger partial charge in [0.15, 0.2) is 0 Å². The first-order valence-corrected chi connectivity index (χ1v) is 7.89. The van der Waals surface area contributed by atoms with Crippen LogP contribution in [-0.4, -0.2) is 12.1 Å². The van der Waals surface area contributed by atoms with E-state index in [4.69, 9.17) is 11.6 Å². The van der Waals surface area contributed by atoms with Crippen LogP contribution in [0.1, 0.15) is 57.1 Å². The number of halogens is 1. The van der Waals surface area contributed by atoms with Gasteiger partial charge in [-0.1, -0.05) is 49.9 Å². The predicted molar refractivity (Wildman–Crippen MR) is 83.0 cm³/mol. The molecular weight excluding hydrogens is 272 g/mol. The molecule has 0 aromatic heterocycles. The predicted octanol–water partition coefficient (Wildman–Crippen LogP) is 4.42. The van der Waals surface area contributed by atoms with Crippen molar-refractivity contribution in [3.8, 4) is 0 Å². The van der Waals surface area contributed by atoms with Gasteiger partial charge < -0.3 is 10.6 Å². The van der Waals surface area contributed by atoms with Gasteiger partial charge in [0.2, 0.25) is 0 Å². The van der Waals surface area contributed by atoms with Gasteiger partial charge in [0, 0.05) is 11.1 Å². The average Bonchev–Trinajstić information content (AvgIpc) is 2.47. The van der Waals surface area contributed by atoms with Crippen LogP contribution in [0.15, 0.2) is 24.3 Å². The number of carbonyl (C=O) groups is 1. The van der Waals surface area contributed by atoms with Crippen molar-refractivity contribution in [3.63, 3.8) is 0 Å². The number of hydrogen-bond donors (Lipinski definition) is 2. The highest BCUT2D eigenvalue weighted by Crippen LogP contribution is 2.20.